The van der Waals surface area contributed by atoms with Crippen molar-refractivity contribution in [3.63, 3.8) is 0 Å². The SMILES string of the molecule is CC(c1ccccc1)N(C)C(=O)CC1(CN)CCC1. The maximum atomic E-state index is 12.4. The van der Waals surface area contributed by atoms with Crippen LogP contribution in [0.15, 0.2) is 30.3 Å². The normalized spacial score (nSPS) is 18.5. The van der Waals surface area contributed by atoms with Crippen LogP contribution in [0.5, 0.6) is 0 Å². The highest BCUT2D eigenvalue weighted by molar-refractivity contribution is 5.77. The molecule has 0 radical (unpaired) electrons. The first-order chi connectivity index (χ1) is 9.08. The van der Waals surface area contributed by atoms with Crippen LogP contribution >= 0.6 is 0 Å². The van der Waals surface area contributed by atoms with Crippen LogP contribution < -0.4 is 5.73 Å². The van der Waals surface area contributed by atoms with Gasteiger partial charge < -0.3 is 10.6 Å². The van der Waals surface area contributed by atoms with Gasteiger partial charge in [0, 0.05) is 13.5 Å². The third-order valence-corrected chi connectivity index (χ3v) is 4.63. The largest absolute Gasteiger partial charge is 0.339 e. The molecule has 0 heterocycles. The second-order valence-electron chi connectivity index (χ2n) is 5.83. The van der Waals surface area contributed by atoms with Crippen LogP contribution in [0.25, 0.3) is 0 Å². The zero-order chi connectivity index (χ0) is 13.9. The molecule has 1 atom stereocenters. The molecular weight excluding hydrogens is 236 g/mol. The number of benzene rings is 1. The van der Waals surface area contributed by atoms with Crippen LogP contribution in [0.1, 0.15) is 44.2 Å². The van der Waals surface area contributed by atoms with Crippen LogP contribution in [0.2, 0.25) is 0 Å². The summed E-state index contributed by atoms with van der Waals surface area (Å²) in [5.74, 6) is 0.210. The van der Waals surface area contributed by atoms with Gasteiger partial charge in [0.1, 0.15) is 0 Å². The van der Waals surface area contributed by atoms with Gasteiger partial charge in [-0.1, -0.05) is 36.8 Å². The quantitative estimate of drug-likeness (QED) is 0.884. The Morgan fingerprint density at radius 2 is 2.00 bits per heavy atom. The third-order valence-electron chi connectivity index (χ3n) is 4.63. The van der Waals surface area contributed by atoms with Crippen molar-refractivity contribution < 1.29 is 4.79 Å². The van der Waals surface area contributed by atoms with Crippen molar-refractivity contribution in [1.29, 1.82) is 0 Å². The summed E-state index contributed by atoms with van der Waals surface area (Å²) in [6.45, 7) is 2.70. The molecule has 1 aliphatic rings. The Labute approximate surface area is 115 Å². The van der Waals surface area contributed by atoms with Crippen LogP contribution in [-0.2, 0) is 4.79 Å². The number of carbonyl (C=O) groups excluding carboxylic acids is 1. The summed E-state index contributed by atoms with van der Waals surface area (Å²) in [4.78, 5) is 14.2. The lowest BCUT2D eigenvalue weighted by Crippen LogP contribution is -2.42. The lowest BCUT2D eigenvalue weighted by molar-refractivity contribution is -0.135. The van der Waals surface area contributed by atoms with Gasteiger partial charge in [0.2, 0.25) is 5.91 Å². The number of amides is 1. The van der Waals surface area contributed by atoms with E-state index in [0.29, 0.717) is 13.0 Å². The topological polar surface area (TPSA) is 46.3 Å². The molecule has 1 unspecified atom stereocenters. The van der Waals surface area contributed by atoms with Crippen molar-refractivity contribution in [3.8, 4) is 0 Å². The average Bonchev–Trinajstić information content (AvgIpc) is 2.42. The Hall–Kier alpha value is -1.35. The molecule has 1 amide bonds. The van der Waals surface area contributed by atoms with Gasteiger partial charge in [0.05, 0.1) is 6.04 Å². The van der Waals surface area contributed by atoms with Crippen molar-refractivity contribution in [2.24, 2.45) is 11.1 Å². The minimum atomic E-state index is 0.0851. The molecule has 1 aromatic rings. The van der Waals surface area contributed by atoms with Gasteiger partial charge in [-0.2, -0.15) is 0 Å². The molecular formula is C16H24N2O. The summed E-state index contributed by atoms with van der Waals surface area (Å²) in [7, 11) is 1.89. The van der Waals surface area contributed by atoms with E-state index in [1.807, 2.05) is 30.1 Å². The van der Waals surface area contributed by atoms with E-state index in [1.54, 1.807) is 0 Å². The lowest BCUT2D eigenvalue weighted by Gasteiger charge is -2.41. The molecule has 1 aromatic carbocycles. The van der Waals surface area contributed by atoms with Gasteiger partial charge in [0.25, 0.3) is 0 Å². The fraction of sp³-hybridized carbons (Fsp3) is 0.562. The van der Waals surface area contributed by atoms with E-state index in [4.69, 9.17) is 5.73 Å². The Bertz CT molecular complexity index is 420. The molecule has 1 saturated carbocycles. The number of hydrogen-bond donors (Lipinski definition) is 1. The van der Waals surface area contributed by atoms with Crippen LogP contribution in [0.3, 0.4) is 0 Å². The van der Waals surface area contributed by atoms with Gasteiger partial charge in [-0.05, 0) is 37.3 Å². The maximum Gasteiger partial charge on any atom is 0.223 e. The molecule has 104 valence electrons. The van der Waals surface area contributed by atoms with Crippen LogP contribution in [-0.4, -0.2) is 24.4 Å². The third kappa shape index (κ3) is 2.98. The van der Waals surface area contributed by atoms with Crippen LogP contribution in [0, 0.1) is 5.41 Å². The van der Waals surface area contributed by atoms with Crippen molar-refractivity contribution in [1.82, 2.24) is 4.90 Å². The van der Waals surface area contributed by atoms with Crippen molar-refractivity contribution in [2.75, 3.05) is 13.6 Å². The zero-order valence-electron chi connectivity index (χ0n) is 11.9. The van der Waals surface area contributed by atoms with E-state index in [9.17, 15) is 4.79 Å². The Kier molecular flexibility index (Phi) is 4.25. The predicted molar refractivity (Wildman–Crippen MR) is 77.6 cm³/mol. The van der Waals surface area contributed by atoms with Gasteiger partial charge in [-0.3, -0.25) is 4.79 Å². The van der Waals surface area contributed by atoms with E-state index < -0.39 is 0 Å². The van der Waals surface area contributed by atoms with E-state index in [0.717, 1.165) is 12.8 Å². The molecule has 2 rings (SSSR count). The minimum Gasteiger partial charge on any atom is -0.339 e. The van der Waals surface area contributed by atoms with E-state index >= 15 is 0 Å². The molecule has 1 aliphatic carbocycles. The lowest BCUT2D eigenvalue weighted by atomic mass is 9.66. The summed E-state index contributed by atoms with van der Waals surface area (Å²) in [5, 5.41) is 0. The Morgan fingerprint density at radius 3 is 2.47 bits per heavy atom. The van der Waals surface area contributed by atoms with Crippen LogP contribution in [0.4, 0.5) is 0 Å². The molecule has 0 aliphatic heterocycles. The van der Waals surface area contributed by atoms with E-state index in [1.165, 1.54) is 12.0 Å². The van der Waals surface area contributed by atoms with E-state index in [-0.39, 0.29) is 17.4 Å². The first kappa shape index (κ1) is 14.1. The number of nitrogens with two attached hydrogens (primary N) is 1. The highest BCUT2D eigenvalue weighted by Gasteiger charge is 2.38. The maximum absolute atomic E-state index is 12.4. The number of carbonyl (C=O) groups is 1. The summed E-state index contributed by atoms with van der Waals surface area (Å²) in [6.07, 6.45) is 4.01. The van der Waals surface area contributed by atoms with Gasteiger partial charge in [0.15, 0.2) is 0 Å². The highest BCUT2D eigenvalue weighted by atomic mass is 16.2. The summed E-state index contributed by atoms with van der Waals surface area (Å²) in [5.41, 5.74) is 7.09. The van der Waals surface area contributed by atoms with Crippen molar-refractivity contribution >= 4 is 5.91 Å². The fourth-order valence-electron chi connectivity index (χ4n) is 2.75. The van der Waals surface area contributed by atoms with Gasteiger partial charge in [-0.15, -0.1) is 0 Å². The molecule has 1 fully saturated rings. The smallest absolute Gasteiger partial charge is 0.223 e. The fourth-order valence-corrected chi connectivity index (χ4v) is 2.75. The van der Waals surface area contributed by atoms with Crippen molar-refractivity contribution in [2.45, 2.75) is 38.6 Å². The van der Waals surface area contributed by atoms with Crippen molar-refractivity contribution in [3.05, 3.63) is 35.9 Å². The molecule has 0 saturated heterocycles. The molecule has 0 aromatic heterocycles. The second kappa shape index (κ2) is 5.74. The molecule has 2 N–H and O–H groups in total. The number of rotatable bonds is 5. The molecule has 3 nitrogen and oxygen atoms in total. The Morgan fingerprint density at radius 1 is 1.37 bits per heavy atom. The first-order valence-corrected chi connectivity index (χ1v) is 7.09. The molecule has 19 heavy (non-hydrogen) atoms. The van der Waals surface area contributed by atoms with E-state index in [2.05, 4.69) is 19.1 Å². The standard InChI is InChI=1S/C16H24N2O/c1-13(14-7-4-3-5-8-14)18(2)15(19)11-16(12-17)9-6-10-16/h3-5,7-8,13H,6,9-12,17H2,1-2H3. The molecule has 3 heteroatoms. The summed E-state index contributed by atoms with van der Waals surface area (Å²) in [6, 6.07) is 10.3. The number of hydrogen-bond acceptors (Lipinski definition) is 2. The number of nitrogens with zero attached hydrogens (tertiary/aromatic N) is 1. The average molecular weight is 260 g/mol. The zero-order valence-corrected chi connectivity index (χ0v) is 11.9. The summed E-state index contributed by atoms with van der Waals surface area (Å²) >= 11 is 0. The van der Waals surface area contributed by atoms with Gasteiger partial charge >= 0.3 is 0 Å². The second-order valence-corrected chi connectivity index (χ2v) is 5.83. The first-order valence-electron chi connectivity index (χ1n) is 7.09. The monoisotopic (exact) mass is 260 g/mol. The summed E-state index contributed by atoms with van der Waals surface area (Å²) < 4.78 is 0. The van der Waals surface area contributed by atoms with Gasteiger partial charge in [-0.25, -0.2) is 0 Å². The minimum absolute atomic E-state index is 0.0851. The predicted octanol–water partition coefficient (Wildman–Crippen LogP) is 2.73. The highest BCUT2D eigenvalue weighted by Crippen LogP contribution is 2.43. The Balaban J connectivity index is 1.99. The molecule has 0 bridgehead atoms. The molecule has 0 spiro atoms.